The lowest BCUT2D eigenvalue weighted by molar-refractivity contribution is -0.120. The lowest BCUT2D eigenvalue weighted by atomic mass is 9.89. The molecule has 0 unspecified atom stereocenters. The maximum absolute atomic E-state index is 12.2. The van der Waals surface area contributed by atoms with Gasteiger partial charge in [-0.25, -0.2) is 8.42 Å². The third-order valence-electron chi connectivity index (χ3n) is 4.14. The van der Waals surface area contributed by atoms with Crippen LogP contribution in [0.15, 0.2) is 33.6 Å². The number of carbonyl (C=O) groups excluding carboxylic acids is 1. The molecule has 1 fully saturated rings. The fraction of sp³-hybridized carbons (Fsp3) is 0.438. The molecule has 0 saturated heterocycles. The molecule has 1 N–H and O–H groups in total. The molecule has 1 aliphatic carbocycles. The van der Waals surface area contributed by atoms with E-state index >= 15 is 0 Å². The van der Waals surface area contributed by atoms with Gasteiger partial charge in [0, 0.05) is 17.7 Å². The van der Waals surface area contributed by atoms with Crippen molar-refractivity contribution in [3.8, 4) is 11.5 Å². The first kappa shape index (κ1) is 16.6. The van der Waals surface area contributed by atoms with Gasteiger partial charge in [0.25, 0.3) is 0 Å². The second-order valence-corrected chi connectivity index (χ2v) is 8.05. The predicted octanol–water partition coefficient (Wildman–Crippen LogP) is 2.66. The number of nitrogens with zero attached hydrogens (tertiary/aromatic N) is 2. The molecule has 0 spiro atoms. The van der Waals surface area contributed by atoms with Crippen LogP contribution in [0.1, 0.15) is 32.1 Å². The third kappa shape index (κ3) is 3.81. The molecule has 0 atom stereocenters. The molecule has 0 bridgehead atoms. The van der Waals surface area contributed by atoms with Gasteiger partial charge in [0.1, 0.15) is 0 Å². The number of amides is 1. The Hall–Kier alpha value is -2.22. The Morgan fingerprint density at radius 3 is 2.67 bits per heavy atom. The second-order valence-electron chi connectivity index (χ2n) is 6.04. The fourth-order valence-corrected chi connectivity index (χ4v) is 3.49. The highest BCUT2D eigenvalue weighted by molar-refractivity contribution is 7.90. The van der Waals surface area contributed by atoms with Crippen LogP contribution in [-0.4, -0.2) is 30.8 Å². The van der Waals surface area contributed by atoms with Crippen LogP contribution in [-0.2, 0) is 14.6 Å². The zero-order valence-electron chi connectivity index (χ0n) is 13.4. The van der Waals surface area contributed by atoms with E-state index in [1.807, 2.05) is 0 Å². The number of benzene rings is 1. The number of hydrogen-bond donors (Lipinski definition) is 1. The summed E-state index contributed by atoms with van der Waals surface area (Å²) in [5, 5.41) is 10.4. The van der Waals surface area contributed by atoms with Crippen LogP contribution in [0, 0.1) is 5.92 Å². The van der Waals surface area contributed by atoms with Crippen LogP contribution in [0.4, 0.5) is 6.01 Å². The van der Waals surface area contributed by atoms with Crippen molar-refractivity contribution in [1.82, 2.24) is 10.2 Å². The summed E-state index contributed by atoms with van der Waals surface area (Å²) in [6.45, 7) is 0. The van der Waals surface area contributed by atoms with Gasteiger partial charge < -0.3 is 4.42 Å². The molecule has 1 heterocycles. The van der Waals surface area contributed by atoms with Crippen molar-refractivity contribution in [1.29, 1.82) is 0 Å². The molecule has 1 aromatic carbocycles. The summed E-state index contributed by atoms with van der Waals surface area (Å²) in [6, 6.07) is 6.28. The van der Waals surface area contributed by atoms with Crippen molar-refractivity contribution in [2.75, 3.05) is 11.6 Å². The summed E-state index contributed by atoms with van der Waals surface area (Å²) in [5.74, 6) is 0.0527. The maximum atomic E-state index is 12.2. The zero-order valence-corrected chi connectivity index (χ0v) is 14.2. The van der Waals surface area contributed by atoms with Gasteiger partial charge in [-0.3, -0.25) is 10.1 Å². The van der Waals surface area contributed by atoms with Crippen molar-refractivity contribution in [2.45, 2.75) is 37.0 Å². The van der Waals surface area contributed by atoms with Crippen LogP contribution in [0.5, 0.6) is 0 Å². The van der Waals surface area contributed by atoms with Gasteiger partial charge in [-0.2, -0.15) is 0 Å². The number of aromatic nitrogens is 2. The Morgan fingerprint density at radius 1 is 1.21 bits per heavy atom. The molecular formula is C16H19N3O4S. The number of hydrogen-bond acceptors (Lipinski definition) is 6. The maximum Gasteiger partial charge on any atom is 0.322 e. The molecule has 1 saturated carbocycles. The van der Waals surface area contributed by atoms with E-state index in [-0.39, 0.29) is 28.6 Å². The standard InChI is InChI=1S/C16H19N3O4S/c1-24(21,22)13-9-5-8-12(10-13)15-18-19-16(23-15)17-14(20)11-6-3-2-4-7-11/h5,8-11H,2-4,6-7H2,1H3,(H,17,19,20). The third-order valence-corrected chi connectivity index (χ3v) is 5.25. The summed E-state index contributed by atoms with van der Waals surface area (Å²) >= 11 is 0. The lowest BCUT2D eigenvalue weighted by Crippen LogP contribution is -2.24. The van der Waals surface area contributed by atoms with Crippen LogP contribution < -0.4 is 5.32 Å². The Kier molecular flexibility index (Phi) is 4.66. The topological polar surface area (TPSA) is 102 Å². The average Bonchev–Trinajstić information content (AvgIpc) is 3.03. The van der Waals surface area contributed by atoms with Gasteiger partial charge in [0.2, 0.25) is 11.8 Å². The van der Waals surface area contributed by atoms with E-state index in [0.29, 0.717) is 5.56 Å². The molecule has 0 radical (unpaired) electrons. The monoisotopic (exact) mass is 349 g/mol. The van der Waals surface area contributed by atoms with Gasteiger partial charge in [0.15, 0.2) is 9.84 Å². The molecule has 1 aliphatic rings. The SMILES string of the molecule is CS(=O)(=O)c1cccc(-c2nnc(NC(=O)C3CCCCC3)o2)c1. The van der Waals surface area contributed by atoms with Crippen molar-refractivity contribution in [3.05, 3.63) is 24.3 Å². The first-order valence-electron chi connectivity index (χ1n) is 7.88. The molecule has 3 rings (SSSR count). The minimum atomic E-state index is -3.32. The van der Waals surface area contributed by atoms with Crippen LogP contribution in [0.2, 0.25) is 0 Å². The molecule has 0 aliphatic heterocycles. The summed E-state index contributed by atoms with van der Waals surface area (Å²) in [5.41, 5.74) is 0.489. The highest BCUT2D eigenvalue weighted by Gasteiger charge is 2.23. The average molecular weight is 349 g/mol. The van der Waals surface area contributed by atoms with Crippen molar-refractivity contribution in [3.63, 3.8) is 0 Å². The normalized spacial score (nSPS) is 16.0. The van der Waals surface area contributed by atoms with Gasteiger partial charge in [0.05, 0.1) is 4.90 Å². The van der Waals surface area contributed by atoms with Gasteiger partial charge >= 0.3 is 6.01 Å². The molecule has 8 heteroatoms. The van der Waals surface area contributed by atoms with E-state index in [2.05, 4.69) is 15.5 Å². The van der Waals surface area contributed by atoms with Crippen LogP contribution >= 0.6 is 0 Å². The quantitative estimate of drug-likeness (QED) is 0.910. The first-order chi connectivity index (χ1) is 11.4. The van der Waals surface area contributed by atoms with Crippen LogP contribution in [0.3, 0.4) is 0 Å². The Labute approximate surface area is 140 Å². The summed E-state index contributed by atoms with van der Waals surface area (Å²) < 4.78 is 28.7. The molecule has 1 amide bonds. The fourth-order valence-electron chi connectivity index (χ4n) is 2.82. The van der Waals surface area contributed by atoms with E-state index in [1.165, 1.54) is 18.6 Å². The highest BCUT2D eigenvalue weighted by Crippen LogP contribution is 2.26. The van der Waals surface area contributed by atoms with Gasteiger partial charge in [-0.1, -0.05) is 30.4 Å². The van der Waals surface area contributed by atoms with E-state index in [0.717, 1.165) is 31.9 Å². The summed E-state index contributed by atoms with van der Waals surface area (Å²) in [6.07, 6.45) is 6.18. The Balaban J connectivity index is 1.75. The highest BCUT2D eigenvalue weighted by atomic mass is 32.2. The molecule has 2 aromatic rings. The zero-order chi connectivity index (χ0) is 17.2. The first-order valence-corrected chi connectivity index (χ1v) is 9.77. The van der Waals surface area contributed by atoms with Gasteiger partial charge in [-0.05, 0) is 31.0 Å². The van der Waals surface area contributed by atoms with E-state index in [1.54, 1.807) is 12.1 Å². The molecule has 7 nitrogen and oxygen atoms in total. The summed E-state index contributed by atoms with van der Waals surface area (Å²) in [7, 11) is -3.32. The number of anilines is 1. The van der Waals surface area contributed by atoms with Crippen molar-refractivity contribution < 1.29 is 17.6 Å². The largest absolute Gasteiger partial charge is 0.403 e. The number of sulfone groups is 1. The van der Waals surface area contributed by atoms with Crippen LogP contribution in [0.25, 0.3) is 11.5 Å². The van der Waals surface area contributed by atoms with E-state index in [9.17, 15) is 13.2 Å². The molecule has 24 heavy (non-hydrogen) atoms. The molecule has 128 valence electrons. The molecule has 1 aromatic heterocycles. The van der Waals surface area contributed by atoms with E-state index in [4.69, 9.17) is 4.42 Å². The second kappa shape index (κ2) is 6.72. The molecular weight excluding hydrogens is 330 g/mol. The minimum Gasteiger partial charge on any atom is -0.403 e. The van der Waals surface area contributed by atoms with E-state index < -0.39 is 9.84 Å². The number of carbonyl (C=O) groups is 1. The Morgan fingerprint density at radius 2 is 1.96 bits per heavy atom. The predicted molar refractivity (Wildman–Crippen MR) is 88.0 cm³/mol. The lowest BCUT2D eigenvalue weighted by Gasteiger charge is -2.19. The number of nitrogens with one attached hydrogen (secondary N) is 1. The minimum absolute atomic E-state index is 0.0114. The van der Waals surface area contributed by atoms with Gasteiger partial charge in [-0.15, -0.1) is 5.10 Å². The number of rotatable bonds is 4. The van der Waals surface area contributed by atoms with Crippen molar-refractivity contribution >= 4 is 21.8 Å². The van der Waals surface area contributed by atoms with Crippen molar-refractivity contribution in [2.24, 2.45) is 5.92 Å². The smallest absolute Gasteiger partial charge is 0.322 e. The summed E-state index contributed by atoms with van der Waals surface area (Å²) in [4.78, 5) is 12.4. The Bertz CT molecular complexity index is 839.